The molecule has 19 N–H and O–H groups in total. The van der Waals surface area contributed by atoms with Crippen LogP contribution >= 0.6 is 22.6 Å². The number of aliphatic hydroxyl groups is 8. The number of hydrogen-bond acceptors (Lipinski definition) is 27. The van der Waals surface area contributed by atoms with Crippen LogP contribution in [0.3, 0.4) is 0 Å². The summed E-state index contributed by atoms with van der Waals surface area (Å²) in [5, 5.41) is 97.7. The quantitative estimate of drug-likeness (QED) is 0.0488. The van der Waals surface area contributed by atoms with Crippen LogP contribution in [0.2, 0.25) is 0 Å². The van der Waals surface area contributed by atoms with Crippen LogP contribution in [0.25, 0.3) is 44.7 Å². The second kappa shape index (κ2) is 24.1. The maximum absolute atomic E-state index is 12.4. The molecule has 522 valence electrons. The van der Waals surface area contributed by atoms with Crippen molar-refractivity contribution < 1.29 is 60.0 Å². The standard InChI is InChI=1S/C21H23IN6O3.2C14H18N6O3.C14H17N5O3/c1-10-4-3-5-11(6-10)8-24-17-13-18(27-20(22)26-17)28(9-25-13)14-12-7-21(12,19(31)23-2)16(30)15(14)29;2*1-5-18-11(15)7-12(19-5)20(4-17-7)8-6-3-14(6,13(23)16-2)10(22)9(8)21;1-16-13(22)14-4-6(14)9(10(20)11(14)21)19-5-18-8-7(15)2-3-17-12(8)19/h3-6,9,12,14-16,29-30H,7-8H2,1-2H3,(H,23,31)(H,24,26,27);2*4,6,8-10,21-22H,3H2,1-2H3,(H,16,23)(H2,15,18,19);2-3,5-6,9-11,20-21H,4H2,1H3,(H2,15,17)(H,16,22)/t12-,14-,15-,16?,21+;2*6-,8-,9-,10?,14+;6-,9-,10-,11?,14+/m1111/s1. The minimum Gasteiger partial charge on any atom is -0.397 e. The van der Waals surface area contributed by atoms with Gasteiger partial charge in [0.15, 0.2) is 49.4 Å². The minimum absolute atomic E-state index is 0.141. The maximum Gasteiger partial charge on any atom is 0.229 e. The highest BCUT2D eigenvalue weighted by molar-refractivity contribution is 14.1. The van der Waals surface area contributed by atoms with Crippen molar-refractivity contribution in [3.8, 4) is 0 Å². The Bertz CT molecular complexity index is 4630. The Kier molecular flexibility index (Phi) is 16.4. The van der Waals surface area contributed by atoms with Gasteiger partial charge in [0.25, 0.3) is 0 Å². The average molecular weight is 1470 g/mol. The van der Waals surface area contributed by atoms with E-state index < -0.39 is 94.7 Å². The van der Waals surface area contributed by atoms with E-state index in [9.17, 15) is 60.0 Å². The Balaban J connectivity index is 0.000000114. The van der Waals surface area contributed by atoms with Gasteiger partial charge in [0.2, 0.25) is 23.6 Å². The molecular weight excluding hydrogens is 1400 g/mol. The first-order valence-corrected chi connectivity index (χ1v) is 33.3. The molecule has 0 radical (unpaired) electrons. The smallest absolute Gasteiger partial charge is 0.229 e. The van der Waals surface area contributed by atoms with Gasteiger partial charge in [0, 0.05) is 87.2 Å². The lowest BCUT2D eigenvalue weighted by atomic mass is 9.98. The Morgan fingerprint density at radius 2 is 0.848 bits per heavy atom. The van der Waals surface area contributed by atoms with Gasteiger partial charge >= 0.3 is 0 Å². The lowest BCUT2D eigenvalue weighted by Gasteiger charge is -2.23. The second-order valence-electron chi connectivity index (χ2n) is 27.1. The lowest BCUT2D eigenvalue weighted by Crippen LogP contribution is -2.41. The third kappa shape index (κ3) is 9.96. The molecule has 9 aromatic rings. The molecule has 8 aliphatic carbocycles. The number of pyridine rings is 1. The van der Waals surface area contributed by atoms with E-state index >= 15 is 0 Å². The van der Waals surface area contributed by atoms with Gasteiger partial charge in [-0.2, -0.15) is 0 Å². The summed E-state index contributed by atoms with van der Waals surface area (Å²) in [6, 6.07) is 8.02. The predicted molar refractivity (Wildman–Crippen MR) is 360 cm³/mol. The van der Waals surface area contributed by atoms with E-state index in [-0.39, 0.29) is 58.9 Å². The average Bonchev–Trinajstić information content (AvgIpc) is 1.54. The zero-order valence-electron chi connectivity index (χ0n) is 54.6. The van der Waals surface area contributed by atoms with Crippen molar-refractivity contribution >= 4 is 114 Å². The van der Waals surface area contributed by atoms with E-state index in [0.29, 0.717) is 104 Å². The molecule has 0 saturated heterocycles. The van der Waals surface area contributed by atoms with Gasteiger partial charge in [0.1, 0.15) is 52.6 Å². The molecule has 8 aromatic heterocycles. The summed E-state index contributed by atoms with van der Waals surface area (Å²) in [5.74, 6) is 0.543. The highest BCUT2D eigenvalue weighted by Gasteiger charge is 2.78. The maximum atomic E-state index is 12.4. The van der Waals surface area contributed by atoms with Gasteiger partial charge in [-0.25, -0.2) is 54.8 Å². The number of anilines is 4. The predicted octanol–water partition coefficient (Wildman–Crippen LogP) is -2.09. The third-order valence-corrected chi connectivity index (χ3v) is 22.6. The highest BCUT2D eigenvalue weighted by Crippen LogP contribution is 2.71. The molecule has 4 amide bonds. The van der Waals surface area contributed by atoms with Crippen LogP contribution in [-0.4, -0.2) is 215 Å². The minimum atomic E-state index is -1.13. The molecule has 20 atom stereocenters. The van der Waals surface area contributed by atoms with Crippen molar-refractivity contribution in [1.82, 2.24) is 94.4 Å². The molecule has 1 aromatic carbocycles. The largest absolute Gasteiger partial charge is 0.397 e. The number of amides is 4. The molecule has 8 aliphatic rings. The van der Waals surface area contributed by atoms with Crippen molar-refractivity contribution in [1.29, 1.82) is 0 Å². The van der Waals surface area contributed by atoms with Crippen molar-refractivity contribution in [3.63, 3.8) is 0 Å². The number of fused-ring (bicyclic) bond motifs is 8. The Morgan fingerprint density at radius 1 is 0.485 bits per heavy atom. The van der Waals surface area contributed by atoms with E-state index in [1.54, 1.807) is 64.1 Å². The number of nitrogens with one attached hydrogen (secondary N) is 5. The SMILES string of the molecule is CNC(=O)[C@@]12C[C@@H]1[C@@H](n1cnc3c(N)ccnc31)[C@@H](O)C2O.CNC(=O)[C@@]12C[C@@H]1[C@@H](n1cnc3c(N)nc(C)nc31)[C@@H](O)C2O.CNC(=O)[C@@]12C[C@@H]1[C@@H](n1cnc3c(N)nc(C)nc31)[C@@H](O)C2O.CNC(=O)[C@@]12C[C@@H]1[C@@H](n1cnc3c(NCc4cccc(C)c4)nc(I)nc31)[C@@H](O)C2O. The number of halogens is 1. The summed E-state index contributed by atoms with van der Waals surface area (Å²) in [4.78, 5) is 96.3. The van der Waals surface area contributed by atoms with E-state index in [4.69, 9.17) is 17.2 Å². The lowest BCUT2D eigenvalue weighted by molar-refractivity contribution is -0.132. The zero-order valence-corrected chi connectivity index (χ0v) is 56.7. The number of imidazole rings is 4. The summed E-state index contributed by atoms with van der Waals surface area (Å²) < 4.78 is 7.46. The van der Waals surface area contributed by atoms with Gasteiger partial charge in [-0.1, -0.05) is 29.8 Å². The first-order chi connectivity index (χ1) is 47.2. The normalized spacial score (nSPS) is 33.6. The first kappa shape index (κ1) is 67.2. The summed E-state index contributed by atoms with van der Waals surface area (Å²) in [6.45, 7) is 6.08. The van der Waals surface area contributed by atoms with E-state index in [1.807, 2.05) is 12.1 Å². The van der Waals surface area contributed by atoms with Gasteiger partial charge < -0.3 is 103 Å². The van der Waals surface area contributed by atoms with Gasteiger partial charge in [0.05, 0.1) is 101 Å². The van der Waals surface area contributed by atoms with Crippen LogP contribution in [0.1, 0.15) is 72.6 Å². The fourth-order valence-corrected chi connectivity index (χ4v) is 17.6. The third-order valence-electron chi connectivity index (χ3n) is 22.1. The molecule has 36 heteroatoms. The fourth-order valence-electron chi connectivity index (χ4n) is 17.1. The van der Waals surface area contributed by atoms with Crippen LogP contribution in [-0.2, 0) is 25.7 Å². The summed E-state index contributed by atoms with van der Waals surface area (Å²) in [6.07, 6.45) is 1.22. The molecule has 99 heavy (non-hydrogen) atoms. The van der Waals surface area contributed by atoms with Crippen LogP contribution in [0.5, 0.6) is 0 Å². The molecule has 35 nitrogen and oxygen atoms in total. The number of rotatable bonds is 11. The Labute approximate surface area is 576 Å². The van der Waals surface area contributed by atoms with Crippen molar-refractivity contribution in [3.05, 3.63) is 88.4 Å². The van der Waals surface area contributed by atoms with Gasteiger partial charge in [-0.15, -0.1) is 0 Å². The molecular formula is C63H76IN23O12. The number of nitrogens with zero attached hydrogens (tertiary/aromatic N) is 15. The second-order valence-corrected chi connectivity index (χ2v) is 28.1. The molecule has 0 spiro atoms. The Morgan fingerprint density at radius 3 is 1.23 bits per heavy atom. The monoisotopic (exact) mass is 1470 g/mol. The van der Waals surface area contributed by atoms with Gasteiger partial charge in [-0.3, -0.25) is 19.2 Å². The van der Waals surface area contributed by atoms with Crippen LogP contribution in [0.4, 0.5) is 23.1 Å². The summed E-state index contributed by atoms with van der Waals surface area (Å²) >= 11 is 2.06. The van der Waals surface area contributed by atoms with E-state index in [0.717, 1.165) is 5.56 Å². The first-order valence-electron chi connectivity index (χ1n) is 32.2. The van der Waals surface area contributed by atoms with Crippen molar-refractivity contribution in [2.45, 2.75) is 126 Å². The number of aryl methyl sites for hydroxylation is 3. The highest BCUT2D eigenvalue weighted by atomic mass is 127. The van der Waals surface area contributed by atoms with Crippen LogP contribution < -0.4 is 43.8 Å². The summed E-state index contributed by atoms with van der Waals surface area (Å²) in [5.41, 5.74) is 20.9. The number of benzene rings is 1. The molecule has 17 rings (SSSR count). The van der Waals surface area contributed by atoms with E-state index in [2.05, 4.69) is 123 Å². The zero-order chi connectivity index (χ0) is 70.6. The molecule has 8 saturated carbocycles. The molecule has 4 unspecified atom stereocenters. The molecule has 8 fully saturated rings. The fraction of sp³-hybridized carbons (Fsp3) is 0.508. The number of carbonyl (C=O) groups excluding carboxylic acids is 4. The topological polar surface area (TPSA) is 530 Å². The number of hydrogen-bond donors (Lipinski definition) is 16. The van der Waals surface area contributed by atoms with Gasteiger partial charge in [-0.05, 0) is 58.1 Å². The number of aromatic nitrogens is 15. The molecule has 8 heterocycles. The number of carbonyl (C=O) groups is 4. The van der Waals surface area contributed by atoms with Crippen molar-refractivity contribution in [2.75, 3.05) is 50.7 Å². The summed E-state index contributed by atoms with van der Waals surface area (Å²) in [7, 11) is 6.15. The van der Waals surface area contributed by atoms with Crippen LogP contribution in [0.15, 0.2) is 61.8 Å². The molecule has 0 bridgehead atoms. The number of nitrogens with two attached hydrogens (primary N) is 3. The van der Waals surface area contributed by atoms with Crippen molar-refractivity contribution in [2.24, 2.45) is 45.3 Å². The number of aliphatic hydroxyl groups excluding tert-OH is 8. The molecule has 0 aliphatic heterocycles. The number of nitrogen functional groups attached to an aromatic ring is 3. The van der Waals surface area contributed by atoms with Crippen LogP contribution in [0, 0.1) is 69.9 Å². The van der Waals surface area contributed by atoms with E-state index in [1.165, 1.54) is 39.4 Å². The Hall–Kier alpha value is -9.02.